The van der Waals surface area contributed by atoms with Gasteiger partial charge in [0, 0.05) is 36.3 Å². The molecule has 4 rings (SSSR count). The molecule has 0 radical (unpaired) electrons. The molecule has 3 aromatic rings. The summed E-state index contributed by atoms with van der Waals surface area (Å²) in [6.07, 6.45) is 8.51. The molecule has 1 aromatic carbocycles. The second-order valence-corrected chi connectivity index (χ2v) is 7.06. The van der Waals surface area contributed by atoms with Gasteiger partial charge >= 0.3 is 0 Å². The maximum absolute atomic E-state index is 5.86. The van der Waals surface area contributed by atoms with Gasteiger partial charge in [-0.05, 0) is 43.2 Å². The van der Waals surface area contributed by atoms with Gasteiger partial charge in [-0.2, -0.15) is 0 Å². The van der Waals surface area contributed by atoms with E-state index < -0.39 is 0 Å². The minimum atomic E-state index is 0.220. The number of nitrogens with zero attached hydrogens (tertiary/aromatic N) is 3. The molecule has 2 aromatic heterocycles. The molecule has 3 heterocycles. The van der Waals surface area contributed by atoms with E-state index in [2.05, 4.69) is 26.7 Å². The van der Waals surface area contributed by atoms with Crippen molar-refractivity contribution in [2.75, 3.05) is 27.4 Å². The van der Waals surface area contributed by atoms with Crippen molar-refractivity contribution < 1.29 is 14.2 Å². The van der Waals surface area contributed by atoms with E-state index >= 15 is 0 Å². The Kier molecular flexibility index (Phi) is 5.30. The third-order valence-electron chi connectivity index (χ3n) is 5.46. The van der Waals surface area contributed by atoms with E-state index in [1.54, 1.807) is 14.2 Å². The molecule has 6 nitrogen and oxygen atoms in total. The Hall–Kier alpha value is -2.86. The summed E-state index contributed by atoms with van der Waals surface area (Å²) in [5, 5.41) is 0. The molecule has 1 saturated heterocycles. The summed E-state index contributed by atoms with van der Waals surface area (Å²) < 4.78 is 19.2. The van der Waals surface area contributed by atoms with Gasteiger partial charge in [0.15, 0.2) is 0 Å². The van der Waals surface area contributed by atoms with Gasteiger partial charge in [-0.1, -0.05) is 0 Å². The van der Waals surface area contributed by atoms with Crippen LogP contribution in [-0.2, 0) is 11.2 Å². The summed E-state index contributed by atoms with van der Waals surface area (Å²) in [6.45, 7) is 3.42. The number of aromatic nitrogens is 3. The highest BCUT2D eigenvalue weighted by Crippen LogP contribution is 2.39. The van der Waals surface area contributed by atoms with E-state index in [1.165, 1.54) is 5.56 Å². The van der Waals surface area contributed by atoms with Gasteiger partial charge in [0.05, 0.1) is 39.0 Å². The normalized spacial score (nSPS) is 19.0. The molecule has 0 spiro atoms. The van der Waals surface area contributed by atoms with Crippen molar-refractivity contribution in [2.45, 2.75) is 19.4 Å². The number of imidazole rings is 1. The topological polar surface area (TPSA) is 58.4 Å². The number of pyridine rings is 1. The molecule has 0 unspecified atom stereocenters. The lowest BCUT2D eigenvalue weighted by molar-refractivity contribution is 0.181. The van der Waals surface area contributed by atoms with Crippen LogP contribution in [0.4, 0.5) is 0 Å². The summed E-state index contributed by atoms with van der Waals surface area (Å²) in [4.78, 5) is 8.77. The molecular formula is C22H25N3O3. The van der Waals surface area contributed by atoms with Gasteiger partial charge in [0.2, 0.25) is 0 Å². The maximum Gasteiger partial charge on any atom is 0.144 e. The van der Waals surface area contributed by atoms with Crippen LogP contribution in [0.15, 0.2) is 49.1 Å². The zero-order chi connectivity index (χ0) is 19.5. The van der Waals surface area contributed by atoms with Crippen LogP contribution in [0.1, 0.15) is 17.2 Å². The molecule has 1 aliphatic heterocycles. The van der Waals surface area contributed by atoms with Crippen LogP contribution in [0.25, 0.3) is 11.4 Å². The van der Waals surface area contributed by atoms with Crippen LogP contribution < -0.4 is 9.47 Å². The van der Waals surface area contributed by atoms with E-state index in [4.69, 9.17) is 14.2 Å². The summed E-state index contributed by atoms with van der Waals surface area (Å²) in [6, 6.07) is 8.33. The van der Waals surface area contributed by atoms with Gasteiger partial charge in [0.25, 0.3) is 0 Å². The molecule has 0 bridgehead atoms. The van der Waals surface area contributed by atoms with E-state index in [-0.39, 0.29) is 6.04 Å². The number of hydrogen-bond acceptors (Lipinski definition) is 5. The van der Waals surface area contributed by atoms with Gasteiger partial charge in [-0.15, -0.1) is 0 Å². The average Bonchev–Trinajstić information content (AvgIpc) is 3.37. The fourth-order valence-electron chi connectivity index (χ4n) is 4.03. The smallest absolute Gasteiger partial charge is 0.144 e. The largest absolute Gasteiger partial charge is 0.496 e. The summed E-state index contributed by atoms with van der Waals surface area (Å²) in [5.41, 5.74) is 3.20. The highest BCUT2D eigenvalue weighted by molar-refractivity contribution is 5.69. The number of hydrogen-bond donors (Lipinski definition) is 0. The third-order valence-corrected chi connectivity index (χ3v) is 5.46. The zero-order valence-corrected chi connectivity index (χ0v) is 16.5. The van der Waals surface area contributed by atoms with Crippen LogP contribution >= 0.6 is 0 Å². The van der Waals surface area contributed by atoms with E-state index in [0.29, 0.717) is 12.5 Å². The van der Waals surface area contributed by atoms with Crippen molar-refractivity contribution in [2.24, 2.45) is 5.92 Å². The number of ether oxygens (including phenoxy) is 3. The molecule has 0 saturated carbocycles. The second kappa shape index (κ2) is 8.02. The van der Waals surface area contributed by atoms with E-state index in [9.17, 15) is 0 Å². The average molecular weight is 379 g/mol. The molecule has 0 aliphatic carbocycles. The SMILES string of the molecule is COc1ccc(-c2nccn2[C@@H]2COC[C@H]2Cc2ccncc2)c(OC)c1C. The molecule has 0 amide bonds. The summed E-state index contributed by atoms with van der Waals surface area (Å²) in [7, 11) is 3.35. The Morgan fingerprint density at radius 2 is 1.89 bits per heavy atom. The number of rotatable bonds is 6. The Morgan fingerprint density at radius 1 is 1.07 bits per heavy atom. The van der Waals surface area contributed by atoms with Gasteiger partial charge in [-0.25, -0.2) is 4.98 Å². The monoisotopic (exact) mass is 379 g/mol. The molecule has 28 heavy (non-hydrogen) atoms. The van der Waals surface area contributed by atoms with Crippen LogP contribution in [-0.4, -0.2) is 42.0 Å². The van der Waals surface area contributed by atoms with Gasteiger partial charge < -0.3 is 18.8 Å². The Labute approximate surface area is 165 Å². The summed E-state index contributed by atoms with van der Waals surface area (Å²) in [5.74, 6) is 2.85. The first kappa shape index (κ1) is 18.5. The van der Waals surface area contributed by atoms with Gasteiger partial charge in [0.1, 0.15) is 17.3 Å². The van der Waals surface area contributed by atoms with Gasteiger partial charge in [-0.3, -0.25) is 4.98 Å². The first-order valence-electron chi connectivity index (χ1n) is 9.44. The molecule has 1 fully saturated rings. The Bertz CT molecular complexity index is 939. The molecule has 146 valence electrons. The standard InChI is InChI=1S/C22H25N3O3/c1-15-20(26-2)5-4-18(21(15)27-3)22-24-10-11-25(22)19-14-28-13-17(19)12-16-6-8-23-9-7-16/h4-11,17,19H,12-14H2,1-3H3/t17-,19-/m1/s1. The predicted molar refractivity (Wildman–Crippen MR) is 107 cm³/mol. The quantitative estimate of drug-likeness (QED) is 0.654. The number of benzene rings is 1. The van der Waals surface area contributed by atoms with E-state index in [0.717, 1.165) is 41.5 Å². The van der Waals surface area contributed by atoms with Crippen molar-refractivity contribution in [1.29, 1.82) is 0 Å². The van der Waals surface area contributed by atoms with Crippen molar-refractivity contribution in [3.05, 3.63) is 60.2 Å². The fourth-order valence-corrected chi connectivity index (χ4v) is 4.03. The maximum atomic E-state index is 5.86. The first-order chi connectivity index (χ1) is 13.7. The minimum absolute atomic E-state index is 0.220. The summed E-state index contributed by atoms with van der Waals surface area (Å²) >= 11 is 0. The van der Waals surface area contributed by atoms with Crippen LogP contribution in [0.2, 0.25) is 0 Å². The lowest BCUT2D eigenvalue weighted by Gasteiger charge is -2.22. The highest BCUT2D eigenvalue weighted by Gasteiger charge is 2.32. The van der Waals surface area contributed by atoms with Crippen LogP contribution in [0.3, 0.4) is 0 Å². The zero-order valence-electron chi connectivity index (χ0n) is 16.5. The van der Waals surface area contributed by atoms with Crippen molar-refractivity contribution in [3.8, 4) is 22.9 Å². The lowest BCUT2D eigenvalue weighted by Crippen LogP contribution is -2.20. The number of methoxy groups -OCH3 is 2. The van der Waals surface area contributed by atoms with Crippen LogP contribution in [0.5, 0.6) is 11.5 Å². The Balaban J connectivity index is 1.69. The van der Waals surface area contributed by atoms with Crippen molar-refractivity contribution in [1.82, 2.24) is 14.5 Å². The molecule has 2 atom stereocenters. The molecule has 1 aliphatic rings. The van der Waals surface area contributed by atoms with Crippen LogP contribution in [0, 0.1) is 12.8 Å². The molecule has 0 N–H and O–H groups in total. The Morgan fingerprint density at radius 3 is 2.64 bits per heavy atom. The minimum Gasteiger partial charge on any atom is -0.496 e. The fraction of sp³-hybridized carbons (Fsp3) is 0.364. The third kappa shape index (κ3) is 3.36. The van der Waals surface area contributed by atoms with Crippen molar-refractivity contribution in [3.63, 3.8) is 0 Å². The lowest BCUT2D eigenvalue weighted by atomic mass is 9.95. The predicted octanol–water partition coefficient (Wildman–Crippen LogP) is 3.70. The first-order valence-corrected chi connectivity index (χ1v) is 9.44. The molecular weight excluding hydrogens is 354 g/mol. The second-order valence-electron chi connectivity index (χ2n) is 7.06. The van der Waals surface area contributed by atoms with E-state index in [1.807, 2.05) is 43.8 Å². The highest BCUT2D eigenvalue weighted by atomic mass is 16.5. The van der Waals surface area contributed by atoms with Crippen molar-refractivity contribution >= 4 is 0 Å². The molecule has 6 heteroatoms.